The van der Waals surface area contributed by atoms with E-state index in [4.69, 9.17) is 9.47 Å². The van der Waals surface area contributed by atoms with Crippen LogP contribution in [0.25, 0.3) is 0 Å². The molecule has 1 unspecified atom stereocenters. The second-order valence-electron chi connectivity index (χ2n) is 4.63. The molecule has 3 heteroatoms. The molecule has 2 aliphatic rings. The van der Waals surface area contributed by atoms with E-state index in [0.717, 1.165) is 37.2 Å². The molecule has 1 saturated carbocycles. The molecule has 0 amide bonds. The number of aliphatic hydroxyl groups is 1. The molecule has 1 aromatic rings. The first-order valence-corrected chi connectivity index (χ1v) is 5.84. The van der Waals surface area contributed by atoms with Crippen LogP contribution >= 0.6 is 0 Å². The predicted molar refractivity (Wildman–Crippen MR) is 59.4 cm³/mol. The summed E-state index contributed by atoms with van der Waals surface area (Å²) in [6.45, 7) is 1.43. The first-order chi connectivity index (χ1) is 7.78. The molecule has 3 nitrogen and oxygen atoms in total. The van der Waals surface area contributed by atoms with Gasteiger partial charge in [0.05, 0.1) is 18.8 Å². The highest BCUT2D eigenvalue weighted by Crippen LogP contribution is 2.48. The summed E-state index contributed by atoms with van der Waals surface area (Å²) in [5.41, 5.74) is 0.303. The first-order valence-electron chi connectivity index (χ1n) is 5.84. The third kappa shape index (κ3) is 1.81. The van der Waals surface area contributed by atoms with Crippen LogP contribution in [0, 0.1) is 0 Å². The van der Waals surface area contributed by atoms with Gasteiger partial charge in [0.2, 0.25) is 0 Å². The molecule has 1 aliphatic heterocycles. The molecule has 1 N–H and O–H groups in total. The van der Waals surface area contributed by atoms with Gasteiger partial charge in [0, 0.05) is 12.0 Å². The number of hydrogen-bond acceptors (Lipinski definition) is 3. The molecule has 2 fully saturated rings. The normalized spacial score (nSPS) is 26.7. The zero-order valence-corrected chi connectivity index (χ0v) is 9.19. The van der Waals surface area contributed by atoms with Gasteiger partial charge < -0.3 is 14.6 Å². The summed E-state index contributed by atoms with van der Waals surface area (Å²) in [4.78, 5) is 0. The number of ether oxygens (including phenoxy) is 2. The molecule has 16 heavy (non-hydrogen) atoms. The van der Waals surface area contributed by atoms with Crippen molar-refractivity contribution in [2.45, 2.75) is 31.0 Å². The van der Waals surface area contributed by atoms with Crippen molar-refractivity contribution in [2.24, 2.45) is 0 Å². The van der Waals surface area contributed by atoms with Crippen molar-refractivity contribution in [1.82, 2.24) is 0 Å². The van der Waals surface area contributed by atoms with Crippen LogP contribution in [0.15, 0.2) is 24.3 Å². The van der Waals surface area contributed by atoms with Gasteiger partial charge in [-0.3, -0.25) is 0 Å². The van der Waals surface area contributed by atoms with Crippen LogP contribution in [-0.4, -0.2) is 24.4 Å². The fourth-order valence-corrected chi connectivity index (χ4v) is 2.13. The average molecular weight is 220 g/mol. The largest absolute Gasteiger partial charge is 0.488 e. The number of hydrogen-bond donors (Lipinski definition) is 1. The topological polar surface area (TPSA) is 38.7 Å². The second-order valence-corrected chi connectivity index (χ2v) is 4.63. The first kappa shape index (κ1) is 10.1. The Labute approximate surface area is 95.0 Å². The smallest absolute Gasteiger partial charge is 0.125 e. The highest BCUT2D eigenvalue weighted by atomic mass is 16.5. The Balaban J connectivity index is 1.82. The van der Waals surface area contributed by atoms with Crippen molar-refractivity contribution in [3.63, 3.8) is 0 Å². The van der Waals surface area contributed by atoms with Crippen LogP contribution < -0.4 is 4.74 Å². The highest BCUT2D eigenvalue weighted by Gasteiger charge is 2.44. The van der Waals surface area contributed by atoms with Gasteiger partial charge >= 0.3 is 0 Å². The van der Waals surface area contributed by atoms with E-state index < -0.39 is 5.60 Å². The SMILES string of the molecule is OC1(c2ccccc2OC2CCOC2)CC1. The van der Waals surface area contributed by atoms with Gasteiger partial charge in [-0.15, -0.1) is 0 Å². The summed E-state index contributed by atoms with van der Waals surface area (Å²) < 4.78 is 11.2. The minimum Gasteiger partial charge on any atom is -0.488 e. The van der Waals surface area contributed by atoms with Gasteiger partial charge in [-0.2, -0.15) is 0 Å². The fourth-order valence-electron chi connectivity index (χ4n) is 2.13. The molecule has 1 saturated heterocycles. The lowest BCUT2D eigenvalue weighted by Crippen LogP contribution is -2.18. The van der Waals surface area contributed by atoms with E-state index in [2.05, 4.69) is 0 Å². The van der Waals surface area contributed by atoms with Crippen molar-refractivity contribution in [3.05, 3.63) is 29.8 Å². The standard InChI is InChI=1S/C13H16O3/c14-13(6-7-13)11-3-1-2-4-12(11)16-10-5-8-15-9-10/h1-4,10,14H,5-9H2. The van der Waals surface area contributed by atoms with E-state index in [0.29, 0.717) is 6.61 Å². The summed E-state index contributed by atoms with van der Waals surface area (Å²) in [7, 11) is 0. The molecule has 0 bridgehead atoms. The van der Waals surface area contributed by atoms with Gasteiger partial charge in [0.1, 0.15) is 11.9 Å². The maximum atomic E-state index is 10.1. The van der Waals surface area contributed by atoms with E-state index in [-0.39, 0.29) is 6.10 Å². The molecule has 0 aromatic heterocycles. The number of rotatable bonds is 3. The van der Waals surface area contributed by atoms with E-state index in [1.54, 1.807) is 0 Å². The fraction of sp³-hybridized carbons (Fsp3) is 0.538. The Morgan fingerprint density at radius 2 is 2.12 bits per heavy atom. The number of para-hydroxylation sites is 1. The zero-order chi connectivity index (χ0) is 11.0. The van der Waals surface area contributed by atoms with Crippen LogP contribution in [0.5, 0.6) is 5.75 Å². The van der Waals surface area contributed by atoms with E-state index in [9.17, 15) is 5.11 Å². The lowest BCUT2D eigenvalue weighted by atomic mass is 10.1. The molecule has 86 valence electrons. The Hall–Kier alpha value is -1.06. The maximum Gasteiger partial charge on any atom is 0.125 e. The zero-order valence-electron chi connectivity index (χ0n) is 9.19. The summed E-state index contributed by atoms with van der Waals surface area (Å²) in [6, 6.07) is 7.78. The Bertz CT molecular complexity index is 379. The van der Waals surface area contributed by atoms with E-state index in [1.165, 1.54) is 0 Å². The monoisotopic (exact) mass is 220 g/mol. The molecule has 1 aromatic carbocycles. The average Bonchev–Trinajstić information content (AvgIpc) is 2.84. The van der Waals surface area contributed by atoms with Gasteiger partial charge in [-0.1, -0.05) is 18.2 Å². The highest BCUT2D eigenvalue weighted by molar-refractivity contribution is 5.41. The summed E-state index contributed by atoms with van der Waals surface area (Å²) in [6.07, 6.45) is 2.76. The maximum absolute atomic E-state index is 10.1. The quantitative estimate of drug-likeness (QED) is 0.844. The third-order valence-corrected chi connectivity index (χ3v) is 3.29. The Morgan fingerprint density at radius 3 is 2.81 bits per heavy atom. The molecule has 1 heterocycles. The van der Waals surface area contributed by atoms with E-state index >= 15 is 0 Å². The summed E-state index contributed by atoms with van der Waals surface area (Å²) in [5, 5.41) is 10.1. The second kappa shape index (κ2) is 3.75. The molecule has 1 atom stereocenters. The lowest BCUT2D eigenvalue weighted by molar-refractivity contribution is 0.124. The molecular weight excluding hydrogens is 204 g/mol. The van der Waals surface area contributed by atoms with Crippen molar-refractivity contribution in [3.8, 4) is 5.75 Å². The Morgan fingerprint density at radius 1 is 1.31 bits per heavy atom. The van der Waals surface area contributed by atoms with Crippen LogP contribution in [0.2, 0.25) is 0 Å². The van der Waals surface area contributed by atoms with Gasteiger partial charge in [0.15, 0.2) is 0 Å². The third-order valence-electron chi connectivity index (χ3n) is 3.29. The number of benzene rings is 1. The van der Waals surface area contributed by atoms with Crippen molar-refractivity contribution in [1.29, 1.82) is 0 Å². The van der Waals surface area contributed by atoms with Crippen LogP contribution in [0.1, 0.15) is 24.8 Å². The summed E-state index contributed by atoms with van der Waals surface area (Å²) >= 11 is 0. The minimum atomic E-state index is -0.629. The van der Waals surface area contributed by atoms with Gasteiger partial charge in [-0.25, -0.2) is 0 Å². The van der Waals surface area contributed by atoms with Crippen molar-refractivity contribution >= 4 is 0 Å². The van der Waals surface area contributed by atoms with Crippen LogP contribution in [-0.2, 0) is 10.3 Å². The van der Waals surface area contributed by atoms with Crippen LogP contribution in [0.4, 0.5) is 0 Å². The molecular formula is C13H16O3. The van der Waals surface area contributed by atoms with E-state index in [1.807, 2.05) is 24.3 Å². The molecule has 3 rings (SSSR count). The molecule has 0 radical (unpaired) electrons. The van der Waals surface area contributed by atoms with Gasteiger partial charge in [-0.05, 0) is 18.9 Å². The molecule has 0 spiro atoms. The minimum absolute atomic E-state index is 0.142. The Kier molecular flexibility index (Phi) is 2.37. The molecule has 1 aliphatic carbocycles. The van der Waals surface area contributed by atoms with Crippen molar-refractivity contribution in [2.75, 3.05) is 13.2 Å². The van der Waals surface area contributed by atoms with Crippen molar-refractivity contribution < 1.29 is 14.6 Å². The van der Waals surface area contributed by atoms with Gasteiger partial charge in [0.25, 0.3) is 0 Å². The van der Waals surface area contributed by atoms with Crippen LogP contribution in [0.3, 0.4) is 0 Å². The summed E-state index contributed by atoms with van der Waals surface area (Å²) in [5.74, 6) is 0.818. The predicted octanol–water partition coefficient (Wildman–Crippen LogP) is 1.84. The lowest BCUT2D eigenvalue weighted by Gasteiger charge is -2.18.